The van der Waals surface area contributed by atoms with Gasteiger partial charge in [-0.25, -0.2) is 0 Å². The molecule has 5 heteroatoms. The molecule has 2 aromatic carbocycles. The lowest BCUT2D eigenvalue weighted by molar-refractivity contribution is -0.128. The molecule has 0 spiro atoms. The zero-order valence-electron chi connectivity index (χ0n) is 16.4. The minimum Gasteiger partial charge on any atom is -0.478 e. The van der Waals surface area contributed by atoms with E-state index in [0.29, 0.717) is 5.75 Å². The average Bonchev–Trinajstić information content (AvgIpc) is 2.69. The highest BCUT2D eigenvalue weighted by atomic mass is 16.5. The van der Waals surface area contributed by atoms with Crippen LogP contribution in [0, 0.1) is 0 Å². The van der Waals surface area contributed by atoms with Crippen LogP contribution < -0.4 is 15.0 Å². The number of carbonyl (C=O) groups is 1. The lowest BCUT2D eigenvalue weighted by atomic mass is 10.1. The molecule has 1 aliphatic rings. The Morgan fingerprint density at radius 3 is 2.22 bits per heavy atom. The lowest BCUT2D eigenvalue weighted by Gasteiger charge is -2.35. The SMILES string of the molecule is CCN1CCN(c2ccc(NC(=O)C(C)(C)Oc3ccccc3)cc2)CC1. The van der Waals surface area contributed by atoms with Gasteiger partial charge >= 0.3 is 0 Å². The molecule has 0 aromatic heterocycles. The van der Waals surface area contributed by atoms with Crippen LogP contribution >= 0.6 is 0 Å². The van der Waals surface area contributed by atoms with Crippen LogP contribution in [0.3, 0.4) is 0 Å². The van der Waals surface area contributed by atoms with Gasteiger partial charge in [0.15, 0.2) is 5.60 Å². The molecular formula is C22H29N3O2. The largest absolute Gasteiger partial charge is 0.478 e. The molecule has 1 aliphatic heterocycles. The monoisotopic (exact) mass is 367 g/mol. The first-order chi connectivity index (χ1) is 13.0. The van der Waals surface area contributed by atoms with E-state index in [1.165, 1.54) is 5.69 Å². The number of benzene rings is 2. The Balaban J connectivity index is 1.58. The topological polar surface area (TPSA) is 44.8 Å². The number of likely N-dealkylation sites (N-methyl/N-ethyl adjacent to an activating group) is 1. The summed E-state index contributed by atoms with van der Waals surface area (Å²) in [5.74, 6) is 0.509. The van der Waals surface area contributed by atoms with Crippen LogP contribution in [0.4, 0.5) is 11.4 Å². The first-order valence-electron chi connectivity index (χ1n) is 9.61. The maximum atomic E-state index is 12.6. The van der Waals surface area contributed by atoms with E-state index in [2.05, 4.69) is 34.2 Å². The van der Waals surface area contributed by atoms with Crippen molar-refractivity contribution >= 4 is 17.3 Å². The summed E-state index contributed by atoms with van der Waals surface area (Å²) in [6.45, 7) is 11.1. The molecule has 0 aliphatic carbocycles. The van der Waals surface area contributed by atoms with Gasteiger partial charge < -0.3 is 19.9 Å². The van der Waals surface area contributed by atoms with Gasteiger partial charge in [-0.05, 0) is 56.8 Å². The van der Waals surface area contributed by atoms with E-state index in [4.69, 9.17) is 4.74 Å². The summed E-state index contributed by atoms with van der Waals surface area (Å²) in [5.41, 5.74) is 1.01. The second kappa shape index (κ2) is 8.44. The van der Waals surface area contributed by atoms with E-state index in [0.717, 1.165) is 38.4 Å². The van der Waals surface area contributed by atoms with Crippen LogP contribution in [0.1, 0.15) is 20.8 Å². The summed E-state index contributed by atoms with van der Waals surface area (Å²) in [6.07, 6.45) is 0. The highest BCUT2D eigenvalue weighted by Gasteiger charge is 2.30. The van der Waals surface area contributed by atoms with Crippen molar-refractivity contribution in [3.63, 3.8) is 0 Å². The Kier molecular flexibility index (Phi) is 6.01. The number of nitrogens with one attached hydrogen (secondary N) is 1. The fraction of sp³-hybridized carbons (Fsp3) is 0.409. The van der Waals surface area contributed by atoms with Gasteiger partial charge in [0.05, 0.1) is 0 Å². The fourth-order valence-electron chi connectivity index (χ4n) is 3.19. The first-order valence-corrected chi connectivity index (χ1v) is 9.61. The molecule has 1 fully saturated rings. The third-order valence-electron chi connectivity index (χ3n) is 4.97. The van der Waals surface area contributed by atoms with Crippen molar-refractivity contribution in [1.82, 2.24) is 4.90 Å². The molecule has 0 bridgehead atoms. The molecular weight excluding hydrogens is 338 g/mol. The van der Waals surface area contributed by atoms with Crippen molar-refractivity contribution in [2.45, 2.75) is 26.4 Å². The van der Waals surface area contributed by atoms with Crippen molar-refractivity contribution < 1.29 is 9.53 Å². The number of piperazine rings is 1. The minimum absolute atomic E-state index is 0.171. The number of carbonyl (C=O) groups excluding carboxylic acids is 1. The van der Waals surface area contributed by atoms with Gasteiger partial charge in [-0.3, -0.25) is 4.79 Å². The predicted octanol–water partition coefficient (Wildman–Crippen LogP) is 3.62. The number of para-hydroxylation sites is 1. The van der Waals surface area contributed by atoms with E-state index in [1.54, 1.807) is 13.8 Å². The van der Waals surface area contributed by atoms with E-state index >= 15 is 0 Å². The van der Waals surface area contributed by atoms with Crippen LogP contribution in [0.15, 0.2) is 54.6 Å². The first kappa shape index (κ1) is 19.2. The molecule has 1 amide bonds. The molecule has 1 saturated heterocycles. The molecule has 1 N–H and O–H groups in total. The van der Waals surface area contributed by atoms with E-state index in [-0.39, 0.29) is 5.91 Å². The van der Waals surface area contributed by atoms with Crippen LogP contribution in [0.2, 0.25) is 0 Å². The van der Waals surface area contributed by atoms with E-state index in [9.17, 15) is 4.79 Å². The molecule has 3 rings (SSSR count). The third-order valence-corrected chi connectivity index (χ3v) is 4.97. The number of amides is 1. The Morgan fingerprint density at radius 1 is 1.00 bits per heavy atom. The van der Waals surface area contributed by atoms with Crippen LogP contribution in [-0.2, 0) is 4.79 Å². The third kappa shape index (κ3) is 5.01. The predicted molar refractivity (Wildman–Crippen MR) is 111 cm³/mol. The molecule has 0 unspecified atom stereocenters. The summed E-state index contributed by atoms with van der Waals surface area (Å²) >= 11 is 0. The molecule has 0 atom stereocenters. The highest BCUT2D eigenvalue weighted by molar-refractivity contribution is 5.97. The maximum Gasteiger partial charge on any atom is 0.267 e. The summed E-state index contributed by atoms with van der Waals surface area (Å²) in [6, 6.07) is 17.5. The van der Waals surface area contributed by atoms with Crippen molar-refractivity contribution in [3.05, 3.63) is 54.6 Å². The quantitative estimate of drug-likeness (QED) is 0.847. The Hall–Kier alpha value is -2.53. The number of hydrogen-bond donors (Lipinski definition) is 1. The number of rotatable bonds is 6. The van der Waals surface area contributed by atoms with Crippen LogP contribution in [-0.4, -0.2) is 49.1 Å². The molecule has 144 valence electrons. The van der Waals surface area contributed by atoms with Gasteiger partial charge in [0.25, 0.3) is 5.91 Å². The second-order valence-electron chi connectivity index (χ2n) is 7.35. The van der Waals surface area contributed by atoms with Gasteiger partial charge in [0.1, 0.15) is 5.75 Å². The second-order valence-corrected chi connectivity index (χ2v) is 7.35. The Morgan fingerprint density at radius 2 is 1.63 bits per heavy atom. The molecule has 5 nitrogen and oxygen atoms in total. The van der Waals surface area contributed by atoms with E-state index in [1.807, 2.05) is 42.5 Å². The molecule has 2 aromatic rings. The van der Waals surface area contributed by atoms with Crippen molar-refractivity contribution in [1.29, 1.82) is 0 Å². The van der Waals surface area contributed by atoms with Gasteiger partial charge in [0.2, 0.25) is 0 Å². The smallest absolute Gasteiger partial charge is 0.267 e. The van der Waals surface area contributed by atoms with Gasteiger partial charge in [-0.15, -0.1) is 0 Å². The zero-order chi connectivity index (χ0) is 19.3. The molecule has 1 heterocycles. The van der Waals surface area contributed by atoms with Crippen molar-refractivity contribution in [3.8, 4) is 5.75 Å². The summed E-state index contributed by atoms with van der Waals surface area (Å²) in [4.78, 5) is 17.5. The zero-order valence-corrected chi connectivity index (χ0v) is 16.4. The summed E-state index contributed by atoms with van der Waals surface area (Å²) in [7, 11) is 0. The highest BCUT2D eigenvalue weighted by Crippen LogP contribution is 2.22. The number of nitrogens with zero attached hydrogens (tertiary/aromatic N) is 2. The van der Waals surface area contributed by atoms with Crippen LogP contribution in [0.25, 0.3) is 0 Å². The summed E-state index contributed by atoms with van der Waals surface area (Å²) in [5, 5.41) is 2.96. The van der Waals surface area contributed by atoms with Crippen LogP contribution in [0.5, 0.6) is 5.75 Å². The normalized spacial score (nSPS) is 15.4. The number of hydrogen-bond acceptors (Lipinski definition) is 4. The number of ether oxygens (including phenoxy) is 1. The lowest BCUT2D eigenvalue weighted by Crippen LogP contribution is -2.46. The fourth-order valence-corrected chi connectivity index (χ4v) is 3.19. The Bertz CT molecular complexity index is 736. The average molecular weight is 367 g/mol. The van der Waals surface area contributed by atoms with Gasteiger partial charge in [-0.2, -0.15) is 0 Å². The van der Waals surface area contributed by atoms with Gasteiger partial charge in [0, 0.05) is 37.6 Å². The molecule has 0 radical (unpaired) electrons. The maximum absolute atomic E-state index is 12.6. The van der Waals surface area contributed by atoms with Crippen molar-refractivity contribution in [2.24, 2.45) is 0 Å². The van der Waals surface area contributed by atoms with Gasteiger partial charge in [-0.1, -0.05) is 25.1 Å². The summed E-state index contributed by atoms with van der Waals surface area (Å²) < 4.78 is 5.85. The van der Waals surface area contributed by atoms with E-state index < -0.39 is 5.60 Å². The molecule has 0 saturated carbocycles. The standard InChI is InChI=1S/C22H29N3O2/c1-4-24-14-16-25(17-15-24)19-12-10-18(11-13-19)23-21(26)22(2,3)27-20-8-6-5-7-9-20/h5-13H,4,14-17H2,1-3H3,(H,23,26). The number of anilines is 2. The molecule has 27 heavy (non-hydrogen) atoms. The minimum atomic E-state index is -0.962. The van der Waals surface area contributed by atoms with Crippen molar-refractivity contribution in [2.75, 3.05) is 42.9 Å². The Labute approximate surface area is 161 Å².